The van der Waals surface area contributed by atoms with Crippen molar-refractivity contribution in [1.82, 2.24) is 19.7 Å². The molecule has 2 aromatic rings. The van der Waals surface area contributed by atoms with Crippen molar-refractivity contribution in [2.45, 2.75) is 25.2 Å². The summed E-state index contributed by atoms with van der Waals surface area (Å²) < 4.78 is 38.9. The third kappa shape index (κ3) is 5.24. The van der Waals surface area contributed by atoms with Crippen molar-refractivity contribution in [3.05, 3.63) is 35.7 Å². The molecule has 1 N–H and O–H groups in total. The van der Waals surface area contributed by atoms with E-state index in [4.69, 9.17) is 0 Å². The summed E-state index contributed by atoms with van der Waals surface area (Å²) in [4.78, 5) is 26.0. The first-order valence-corrected chi connectivity index (χ1v) is 9.44. The second-order valence-electron chi connectivity index (χ2n) is 5.75. The number of amides is 2. The predicted octanol–water partition coefficient (Wildman–Crippen LogP) is 3.05. The maximum Gasteiger partial charge on any atom is 0.451 e. The fourth-order valence-electron chi connectivity index (χ4n) is 2.40. The van der Waals surface area contributed by atoms with Gasteiger partial charge in [-0.25, -0.2) is 0 Å². The van der Waals surface area contributed by atoms with Gasteiger partial charge in [-0.3, -0.25) is 9.59 Å². The van der Waals surface area contributed by atoms with Crippen LogP contribution in [0.15, 0.2) is 29.4 Å². The second kappa shape index (κ2) is 9.09. The predicted molar refractivity (Wildman–Crippen MR) is 99.1 cm³/mol. The van der Waals surface area contributed by atoms with E-state index in [0.717, 1.165) is 16.3 Å². The summed E-state index contributed by atoms with van der Waals surface area (Å²) in [6, 6.07) is 6.43. The van der Waals surface area contributed by atoms with Crippen LogP contribution >= 0.6 is 11.8 Å². The van der Waals surface area contributed by atoms with Crippen molar-refractivity contribution in [3.63, 3.8) is 0 Å². The number of rotatable bonds is 7. The molecule has 0 fully saturated rings. The Labute approximate surface area is 164 Å². The molecular formula is C17H20F3N5O2S. The molecular weight excluding hydrogens is 395 g/mol. The third-order valence-electron chi connectivity index (χ3n) is 3.89. The number of alkyl halides is 3. The van der Waals surface area contributed by atoms with Crippen molar-refractivity contribution < 1.29 is 22.8 Å². The van der Waals surface area contributed by atoms with Gasteiger partial charge in [-0.15, -0.1) is 10.2 Å². The van der Waals surface area contributed by atoms with E-state index < -0.39 is 17.9 Å². The van der Waals surface area contributed by atoms with Crippen LogP contribution in [0.25, 0.3) is 0 Å². The standard InChI is InChI=1S/C17H20F3N5O2S/c1-4-25(5-2)14(27)11-6-8-12(9-7-11)21-13(26)10-28-16-23-22-15(24(16)3)17(18,19)20/h6-9H,4-5,10H2,1-3H3,(H,21,26). The number of carbonyl (C=O) groups is 2. The van der Waals surface area contributed by atoms with Gasteiger partial charge in [0.15, 0.2) is 5.16 Å². The number of hydrogen-bond acceptors (Lipinski definition) is 5. The minimum atomic E-state index is -4.60. The molecule has 1 aromatic carbocycles. The molecule has 1 aromatic heterocycles. The Morgan fingerprint density at radius 2 is 1.75 bits per heavy atom. The van der Waals surface area contributed by atoms with Gasteiger partial charge in [0.25, 0.3) is 5.91 Å². The van der Waals surface area contributed by atoms with Gasteiger partial charge in [0, 0.05) is 31.4 Å². The number of nitrogens with one attached hydrogen (secondary N) is 1. The number of benzene rings is 1. The average molecular weight is 415 g/mol. The Morgan fingerprint density at radius 1 is 1.14 bits per heavy atom. The highest BCUT2D eigenvalue weighted by Gasteiger charge is 2.37. The molecule has 0 aliphatic rings. The highest BCUT2D eigenvalue weighted by Crippen LogP contribution is 2.29. The molecule has 7 nitrogen and oxygen atoms in total. The van der Waals surface area contributed by atoms with Crippen LogP contribution in [0, 0.1) is 0 Å². The maximum absolute atomic E-state index is 12.7. The summed E-state index contributed by atoms with van der Waals surface area (Å²) in [6.45, 7) is 4.98. The monoisotopic (exact) mass is 415 g/mol. The Morgan fingerprint density at radius 3 is 2.25 bits per heavy atom. The highest BCUT2D eigenvalue weighted by molar-refractivity contribution is 7.99. The van der Waals surface area contributed by atoms with Gasteiger partial charge in [-0.2, -0.15) is 13.2 Å². The van der Waals surface area contributed by atoms with Crippen LogP contribution < -0.4 is 5.32 Å². The molecule has 0 bridgehead atoms. The lowest BCUT2D eigenvalue weighted by Crippen LogP contribution is -2.30. The van der Waals surface area contributed by atoms with Crippen LogP contribution in [0.4, 0.5) is 18.9 Å². The van der Waals surface area contributed by atoms with E-state index in [9.17, 15) is 22.8 Å². The van der Waals surface area contributed by atoms with Crippen LogP contribution in [0.3, 0.4) is 0 Å². The number of aromatic nitrogens is 3. The quantitative estimate of drug-likeness (QED) is 0.703. The molecule has 0 saturated heterocycles. The number of hydrogen-bond donors (Lipinski definition) is 1. The zero-order valence-electron chi connectivity index (χ0n) is 15.6. The van der Waals surface area contributed by atoms with Crippen LogP contribution in [-0.2, 0) is 18.0 Å². The number of carbonyl (C=O) groups excluding carboxylic acids is 2. The molecule has 2 amide bonds. The van der Waals surface area contributed by atoms with Crippen molar-refractivity contribution >= 4 is 29.3 Å². The molecule has 0 unspecified atom stereocenters. The summed E-state index contributed by atoms with van der Waals surface area (Å²) >= 11 is 0.846. The van der Waals surface area contributed by atoms with E-state index in [0.29, 0.717) is 24.3 Å². The Kier molecular flexibility index (Phi) is 7.05. The van der Waals surface area contributed by atoms with Gasteiger partial charge in [0.1, 0.15) is 0 Å². The first kappa shape index (κ1) is 21.7. The van der Waals surface area contributed by atoms with E-state index in [1.807, 2.05) is 13.8 Å². The minimum absolute atomic E-state index is 0.0114. The van der Waals surface area contributed by atoms with Gasteiger partial charge in [0.2, 0.25) is 11.7 Å². The van der Waals surface area contributed by atoms with Crippen molar-refractivity contribution in [2.75, 3.05) is 24.2 Å². The smallest absolute Gasteiger partial charge is 0.339 e. The second-order valence-corrected chi connectivity index (χ2v) is 6.70. The molecule has 11 heteroatoms. The zero-order chi connectivity index (χ0) is 20.9. The van der Waals surface area contributed by atoms with Crippen molar-refractivity contribution in [2.24, 2.45) is 7.05 Å². The molecule has 0 radical (unpaired) electrons. The Hall–Kier alpha value is -2.56. The van der Waals surface area contributed by atoms with Crippen LogP contribution in [0.2, 0.25) is 0 Å². The SMILES string of the molecule is CCN(CC)C(=O)c1ccc(NC(=O)CSc2nnc(C(F)(F)F)n2C)cc1. The lowest BCUT2D eigenvalue weighted by atomic mass is 10.2. The zero-order valence-corrected chi connectivity index (χ0v) is 16.4. The van der Waals surface area contributed by atoms with Gasteiger partial charge >= 0.3 is 6.18 Å². The first-order chi connectivity index (χ1) is 13.2. The number of nitrogens with zero attached hydrogens (tertiary/aromatic N) is 4. The molecule has 0 aliphatic carbocycles. The molecule has 1 heterocycles. The molecule has 0 saturated carbocycles. The van der Waals surface area contributed by atoms with Crippen LogP contribution in [0.5, 0.6) is 0 Å². The lowest BCUT2D eigenvalue weighted by Gasteiger charge is -2.18. The topological polar surface area (TPSA) is 80.1 Å². The number of halogens is 3. The van der Waals surface area contributed by atoms with Crippen molar-refractivity contribution in [3.8, 4) is 0 Å². The molecule has 0 atom stereocenters. The normalized spacial score (nSPS) is 11.4. The number of anilines is 1. The molecule has 0 aliphatic heterocycles. The maximum atomic E-state index is 12.7. The van der Waals surface area contributed by atoms with Gasteiger partial charge in [0.05, 0.1) is 5.75 Å². The minimum Gasteiger partial charge on any atom is -0.339 e. The molecule has 28 heavy (non-hydrogen) atoms. The number of thioether (sulfide) groups is 1. The molecule has 2 rings (SSSR count). The van der Waals surface area contributed by atoms with E-state index in [2.05, 4.69) is 15.5 Å². The summed E-state index contributed by atoms with van der Waals surface area (Å²) in [5.41, 5.74) is 0.991. The van der Waals surface area contributed by atoms with Crippen LogP contribution in [0.1, 0.15) is 30.0 Å². The van der Waals surface area contributed by atoms with E-state index in [-0.39, 0.29) is 16.8 Å². The fourth-order valence-corrected chi connectivity index (χ4v) is 3.12. The average Bonchev–Trinajstić information content (AvgIpc) is 3.02. The summed E-state index contributed by atoms with van der Waals surface area (Å²) in [5.74, 6) is -1.77. The van der Waals surface area contributed by atoms with E-state index in [1.54, 1.807) is 29.2 Å². The van der Waals surface area contributed by atoms with Crippen molar-refractivity contribution in [1.29, 1.82) is 0 Å². The molecule has 0 spiro atoms. The highest BCUT2D eigenvalue weighted by atomic mass is 32.2. The largest absolute Gasteiger partial charge is 0.451 e. The van der Waals surface area contributed by atoms with Gasteiger partial charge < -0.3 is 14.8 Å². The lowest BCUT2D eigenvalue weighted by molar-refractivity contribution is -0.147. The Balaban J connectivity index is 1.93. The fraction of sp³-hybridized carbons (Fsp3) is 0.412. The summed E-state index contributed by atoms with van der Waals surface area (Å²) in [7, 11) is 1.19. The Bertz CT molecular complexity index is 832. The summed E-state index contributed by atoms with van der Waals surface area (Å²) in [6.07, 6.45) is -4.60. The first-order valence-electron chi connectivity index (χ1n) is 8.45. The van der Waals surface area contributed by atoms with E-state index >= 15 is 0 Å². The summed E-state index contributed by atoms with van der Waals surface area (Å²) in [5, 5.41) is 9.18. The van der Waals surface area contributed by atoms with Gasteiger partial charge in [-0.05, 0) is 38.1 Å². The third-order valence-corrected chi connectivity index (χ3v) is 4.91. The molecule has 152 valence electrons. The van der Waals surface area contributed by atoms with Crippen LogP contribution in [-0.4, -0.2) is 50.3 Å². The van der Waals surface area contributed by atoms with Gasteiger partial charge in [-0.1, -0.05) is 11.8 Å². The van der Waals surface area contributed by atoms with E-state index in [1.165, 1.54) is 7.05 Å².